The first-order chi connectivity index (χ1) is 8.03. The minimum atomic E-state index is -1.08. The Bertz CT molecular complexity index is 444. The number of rotatable bonds is 2. The van der Waals surface area contributed by atoms with Crippen LogP contribution in [-0.2, 0) is 0 Å². The SMILES string of the molecule is Cc1cc([N+]2(NC(=O)O)CCCC2)cnc1F. The highest BCUT2D eigenvalue weighted by Crippen LogP contribution is 2.27. The second kappa shape index (κ2) is 4.29. The van der Waals surface area contributed by atoms with Gasteiger partial charge in [-0.25, -0.2) is 9.78 Å². The fraction of sp³-hybridized carbons (Fsp3) is 0.455. The molecule has 1 amide bonds. The highest BCUT2D eigenvalue weighted by molar-refractivity contribution is 5.66. The summed E-state index contributed by atoms with van der Waals surface area (Å²) in [5.74, 6) is -0.513. The van der Waals surface area contributed by atoms with E-state index in [2.05, 4.69) is 10.4 Å². The molecular weight excluding hydrogens is 225 g/mol. The molecule has 0 atom stereocenters. The molecule has 1 aliphatic heterocycles. The van der Waals surface area contributed by atoms with Gasteiger partial charge in [-0.1, -0.05) is 0 Å². The van der Waals surface area contributed by atoms with Crippen LogP contribution in [0.15, 0.2) is 12.3 Å². The minimum Gasteiger partial charge on any atom is -0.462 e. The number of amides is 1. The van der Waals surface area contributed by atoms with Gasteiger partial charge in [-0.3, -0.25) is 0 Å². The van der Waals surface area contributed by atoms with Gasteiger partial charge in [0.05, 0.1) is 6.20 Å². The van der Waals surface area contributed by atoms with Gasteiger partial charge in [-0.15, -0.1) is 0 Å². The van der Waals surface area contributed by atoms with Crippen molar-refractivity contribution in [1.29, 1.82) is 0 Å². The van der Waals surface area contributed by atoms with Crippen molar-refractivity contribution in [1.82, 2.24) is 15.0 Å². The fourth-order valence-corrected chi connectivity index (χ4v) is 2.27. The Hall–Kier alpha value is -1.69. The summed E-state index contributed by atoms with van der Waals surface area (Å²) < 4.78 is 13.3. The van der Waals surface area contributed by atoms with Crippen molar-refractivity contribution in [2.45, 2.75) is 19.8 Å². The number of hydrogen-bond donors (Lipinski definition) is 2. The van der Waals surface area contributed by atoms with Crippen molar-refractivity contribution in [2.75, 3.05) is 13.1 Å². The van der Waals surface area contributed by atoms with Crippen LogP contribution >= 0.6 is 0 Å². The molecule has 1 aromatic rings. The van der Waals surface area contributed by atoms with Gasteiger partial charge in [0.15, 0.2) is 5.69 Å². The maximum Gasteiger partial charge on any atom is 0.449 e. The predicted octanol–water partition coefficient (Wildman–Crippen LogP) is 1.81. The summed E-state index contributed by atoms with van der Waals surface area (Å²) in [6.07, 6.45) is 2.21. The normalized spacial score (nSPS) is 18.0. The van der Waals surface area contributed by atoms with Crippen LogP contribution in [0.3, 0.4) is 0 Å². The Morgan fingerprint density at radius 1 is 1.53 bits per heavy atom. The van der Waals surface area contributed by atoms with Crippen molar-refractivity contribution in [3.8, 4) is 0 Å². The van der Waals surface area contributed by atoms with Crippen LogP contribution in [0.1, 0.15) is 18.4 Å². The average Bonchev–Trinajstić information content (AvgIpc) is 2.70. The van der Waals surface area contributed by atoms with Crippen LogP contribution in [-0.4, -0.2) is 29.3 Å². The summed E-state index contributed by atoms with van der Waals surface area (Å²) >= 11 is 0. The topological polar surface area (TPSA) is 62.2 Å². The Balaban J connectivity index is 2.38. The zero-order chi connectivity index (χ0) is 12.5. The largest absolute Gasteiger partial charge is 0.462 e. The van der Waals surface area contributed by atoms with E-state index in [1.165, 1.54) is 6.20 Å². The van der Waals surface area contributed by atoms with Gasteiger partial charge in [0.25, 0.3) is 0 Å². The van der Waals surface area contributed by atoms with Crippen LogP contribution in [0.5, 0.6) is 0 Å². The van der Waals surface area contributed by atoms with E-state index in [-0.39, 0.29) is 4.59 Å². The second-order valence-corrected chi connectivity index (χ2v) is 4.34. The number of pyridine rings is 1. The molecule has 2 rings (SSSR count). The Kier molecular flexibility index (Phi) is 2.97. The van der Waals surface area contributed by atoms with Crippen LogP contribution in [0, 0.1) is 12.9 Å². The molecule has 1 fully saturated rings. The number of aromatic nitrogens is 1. The van der Waals surface area contributed by atoms with Crippen LogP contribution in [0.25, 0.3) is 0 Å². The van der Waals surface area contributed by atoms with E-state index in [4.69, 9.17) is 5.11 Å². The second-order valence-electron chi connectivity index (χ2n) is 4.34. The first kappa shape index (κ1) is 11.8. The third kappa shape index (κ3) is 2.21. The zero-order valence-electron chi connectivity index (χ0n) is 9.61. The van der Waals surface area contributed by atoms with Crippen molar-refractivity contribution in [3.63, 3.8) is 0 Å². The minimum absolute atomic E-state index is 0.142. The van der Waals surface area contributed by atoms with Gasteiger partial charge in [-0.05, 0) is 6.92 Å². The van der Waals surface area contributed by atoms with Crippen molar-refractivity contribution >= 4 is 11.8 Å². The van der Waals surface area contributed by atoms with E-state index >= 15 is 0 Å². The van der Waals surface area contributed by atoms with E-state index in [1.54, 1.807) is 13.0 Å². The quantitative estimate of drug-likeness (QED) is 0.612. The summed E-state index contributed by atoms with van der Waals surface area (Å²) in [6, 6.07) is 1.66. The van der Waals surface area contributed by atoms with E-state index in [1.807, 2.05) is 0 Å². The van der Waals surface area contributed by atoms with Crippen molar-refractivity contribution < 1.29 is 14.3 Å². The van der Waals surface area contributed by atoms with E-state index in [9.17, 15) is 9.18 Å². The van der Waals surface area contributed by atoms with Gasteiger partial charge in [-0.2, -0.15) is 14.4 Å². The number of nitrogens with zero attached hydrogens (tertiary/aromatic N) is 2. The molecule has 0 radical (unpaired) electrons. The lowest BCUT2D eigenvalue weighted by atomic mass is 10.2. The van der Waals surface area contributed by atoms with Crippen molar-refractivity contribution in [3.05, 3.63) is 23.8 Å². The van der Waals surface area contributed by atoms with E-state index in [0.29, 0.717) is 24.3 Å². The number of nitrogens with one attached hydrogen (secondary N) is 1. The maximum atomic E-state index is 13.1. The van der Waals surface area contributed by atoms with Gasteiger partial charge in [0.2, 0.25) is 5.95 Å². The Labute approximate surface area is 98.4 Å². The Morgan fingerprint density at radius 2 is 2.18 bits per heavy atom. The molecule has 0 aromatic carbocycles. The third-order valence-electron chi connectivity index (χ3n) is 3.13. The third-order valence-corrected chi connectivity index (χ3v) is 3.13. The fourth-order valence-electron chi connectivity index (χ4n) is 2.27. The van der Waals surface area contributed by atoms with Crippen LogP contribution < -0.4 is 10.0 Å². The molecule has 2 heterocycles. The first-order valence-electron chi connectivity index (χ1n) is 5.54. The molecule has 17 heavy (non-hydrogen) atoms. The number of carbonyl (C=O) groups is 1. The molecule has 0 bridgehead atoms. The van der Waals surface area contributed by atoms with Crippen LogP contribution in [0.4, 0.5) is 14.9 Å². The molecule has 92 valence electrons. The molecular formula is C11H15FN3O2+. The number of halogens is 1. The predicted molar refractivity (Wildman–Crippen MR) is 60.9 cm³/mol. The zero-order valence-corrected chi connectivity index (χ0v) is 9.61. The van der Waals surface area contributed by atoms with Crippen LogP contribution in [0.2, 0.25) is 0 Å². The molecule has 1 aliphatic rings. The molecule has 6 heteroatoms. The molecule has 2 N–H and O–H groups in total. The lowest BCUT2D eigenvalue weighted by Gasteiger charge is -2.31. The van der Waals surface area contributed by atoms with Gasteiger partial charge in [0, 0.05) is 24.5 Å². The van der Waals surface area contributed by atoms with Crippen molar-refractivity contribution in [2.24, 2.45) is 0 Å². The first-order valence-corrected chi connectivity index (χ1v) is 5.54. The highest BCUT2D eigenvalue weighted by atomic mass is 19.1. The Morgan fingerprint density at radius 3 is 2.71 bits per heavy atom. The number of hydrogen-bond acceptors (Lipinski definition) is 2. The molecule has 1 saturated heterocycles. The monoisotopic (exact) mass is 240 g/mol. The molecule has 0 aliphatic carbocycles. The van der Waals surface area contributed by atoms with E-state index in [0.717, 1.165) is 12.8 Å². The summed E-state index contributed by atoms with van der Waals surface area (Å²) in [5.41, 5.74) is 3.64. The van der Waals surface area contributed by atoms with Gasteiger partial charge in [0.1, 0.15) is 13.1 Å². The molecule has 0 spiro atoms. The molecule has 0 saturated carbocycles. The summed E-state index contributed by atoms with van der Waals surface area (Å²) in [6.45, 7) is 2.98. The summed E-state index contributed by atoms with van der Waals surface area (Å²) in [5, 5.41) is 8.90. The standard InChI is InChI=1S/C11H14FN3O2/c1-8-6-9(7-13-10(8)12)15(14-11(16)17)4-2-3-5-15/h6-7,14H,2-5H2,1H3/p+1. The summed E-state index contributed by atoms with van der Waals surface area (Å²) in [7, 11) is 0. The van der Waals surface area contributed by atoms with E-state index < -0.39 is 12.0 Å². The number of carboxylic acid groups (broad SMARTS) is 1. The molecule has 5 nitrogen and oxygen atoms in total. The number of quaternary nitrogens is 1. The number of aryl methyl sites for hydroxylation is 1. The molecule has 0 unspecified atom stereocenters. The lowest BCUT2D eigenvalue weighted by Crippen LogP contribution is -2.59. The highest BCUT2D eigenvalue weighted by Gasteiger charge is 2.37. The van der Waals surface area contributed by atoms with Gasteiger partial charge < -0.3 is 5.11 Å². The molecule has 1 aromatic heterocycles. The maximum absolute atomic E-state index is 13.1. The lowest BCUT2D eigenvalue weighted by molar-refractivity contribution is 0.154. The van der Waals surface area contributed by atoms with Gasteiger partial charge >= 0.3 is 6.09 Å². The summed E-state index contributed by atoms with van der Waals surface area (Å²) in [4.78, 5) is 14.5. The average molecular weight is 240 g/mol. The smallest absolute Gasteiger partial charge is 0.449 e.